The van der Waals surface area contributed by atoms with E-state index in [-0.39, 0.29) is 24.2 Å². The zero-order chi connectivity index (χ0) is 15.5. The fourth-order valence-corrected chi connectivity index (χ4v) is 2.85. The van der Waals surface area contributed by atoms with E-state index in [0.29, 0.717) is 25.3 Å². The van der Waals surface area contributed by atoms with Crippen molar-refractivity contribution in [3.63, 3.8) is 0 Å². The molecule has 0 radical (unpaired) electrons. The molecule has 3 heterocycles. The van der Waals surface area contributed by atoms with Gasteiger partial charge >= 0.3 is 6.03 Å². The lowest BCUT2D eigenvalue weighted by Crippen LogP contribution is -2.51. The molecule has 0 saturated carbocycles. The maximum atomic E-state index is 12.5. The molecule has 9 nitrogen and oxygen atoms in total. The van der Waals surface area contributed by atoms with Crippen LogP contribution in [-0.4, -0.2) is 52.0 Å². The van der Waals surface area contributed by atoms with Crippen LogP contribution in [0.5, 0.6) is 0 Å². The number of nitrogens with one attached hydrogen (secondary N) is 2. The highest BCUT2D eigenvalue weighted by Crippen LogP contribution is 2.25. The molecule has 0 unspecified atom stereocenters. The molecule has 1 atom stereocenters. The zero-order valence-corrected chi connectivity index (χ0v) is 11.9. The van der Waals surface area contributed by atoms with Crippen molar-refractivity contribution in [2.24, 2.45) is 0 Å². The molecular formula is C13H17N5O4. The molecule has 0 aromatic carbocycles. The number of hydrogen-bond acceptors (Lipinski definition) is 6. The van der Waals surface area contributed by atoms with Gasteiger partial charge in [0, 0.05) is 25.4 Å². The average molecular weight is 307 g/mol. The minimum atomic E-state index is -0.645. The van der Waals surface area contributed by atoms with E-state index in [1.165, 1.54) is 6.39 Å². The van der Waals surface area contributed by atoms with E-state index in [9.17, 15) is 14.4 Å². The van der Waals surface area contributed by atoms with Gasteiger partial charge in [0.15, 0.2) is 5.82 Å². The van der Waals surface area contributed by atoms with Crippen molar-refractivity contribution in [2.45, 2.75) is 37.6 Å². The van der Waals surface area contributed by atoms with Gasteiger partial charge < -0.3 is 14.7 Å². The highest BCUT2D eigenvalue weighted by Gasteiger charge is 2.32. The molecule has 9 heteroatoms. The molecule has 0 spiro atoms. The first kappa shape index (κ1) is 14.5. The van der Waals surface area contributed by atoms with E-state index >= 15 is 0 Å². The predicted molar refractivity (Wildman–Crippen MR) is 72.5 cm³/mol. The standard InChI is InChI=1S/C13H17N5O4/c19-10-2-1-9(15-13(21)16-10)12(20)18-5-3-8(4-6-18)11-14-7-22-17-11/h7-9H,1-6H2,(H2,15,16,19,21)/t9-/m1/s1. The van der Waals surface area contributed by atoms with Crippen molar-refractivity contribution in [3.05, 3.63) is 12.2 Å². The van der Waals surface area contributed by atoms with Crippen molar-refractivity contribution >= 4 is 17.8 Å². The third-order valence-corrected chi connectivity index (χ3v) is 4.07. The molecule has 0 bridgehead atoms. The van der Waals surface area contributed by atoms with Gasteiger partial charge in [-0.1, -0.05) is 5.16 Å². The van der Waals surface area contributed by atoms with Gasteiger partial charge in [0.2, 0.25) is 18.2 Å². The molecule has 0 aliphatic carbocycles. The summed E-state index contributed by atoms with van der Waals surface area (Å²) in [5.41, 5.74) is 0. The first-order valence-corrected chi connectivity index (χ1v) is 7.29. The number of imide groups is 1. The maximum absolute atomic E-state index is 12.5. The van der Waals surface area contributed by atoms with Crippen LogP contribution in [-0.2, 0) is 9.59 Å². The minimum absolute atomic E-state index is 0.142. The van der Waals surface area contributed by atoms with E-state index in [2.05, 4.69) is 20.8 Å². The fraction of sp³-hybridized carbons (Fsp3) is 0.615. The first-order chi connectivity index (χ1) is 10.6. The van der Waals surface area contributed by atoms with Crippen molar-refractivity contribution in [3.8, 4) is 0 Å². The summed E-state index contributed by atoms with van der Waals surface area (Å²) in [4.78, 5) is 41.0. The molecule has 2 saturated heterocycles. The molecule has 2 N–H and O–H groups in total. The molecule has 2 aliphatic heterocycles. The second-order valence-corrected chi connectivity index (χ2v) is 5.50. The molecule has 1 aromatic rings. The van der Waals surface area contributed by atoms with Gasteiger partial charge in [0.05, 0.1) is 0 Å². The lowest BCUT2D eigenvalue weighted by Gasteiger charge is -2.33. The number of carbonyl (C=O) groups excluding carboxylic acids is 3. The molecule has 3 rings (SSSR count). The number of likely N-dealkylation sites (tertiary alicyclic amines) is 1. The Morgan fingerprint density at radius 2 is 2.05 bits per heavy atom. The Labute approximate surface area is 126 Å². The Morgan fingerprint density at radius 1 is 1.27 bits per heavy atom. The highest BCUT2D eigenvalue weighted by atomic mass is 16.5. The van der Waals surface area contributed by atoms with E-state index in [1.54, 1.807) is 4.90 Å². The summed E-state index contributed by atoms with van der Waals surface area (Å²) in [7, 11) is 0. The quantitative estimate of drug-likeness (QED) is 0.779. The van der Waals surface area contributed by atoms with Crippen LogP contribution >= 0.6 is 0 Å². The SMILES string of the molecule is O=C1CC[C@H](C(=O)N2CCC(c3ncon3)CC2)NC(=O)N1. The van der Waals surface area contributed by atoms with Crippen molar-refractivity contribution in [1.82, 2.24) is 25.7 Å². The Kier molecular flexibility index (Phi) is 4.03. The number of piperidine rings is 1. The highest BCUT2D eigenvalue weighted by molar-refractivity contribution is 5.98. The van der Waals surface area contributed by atoms with Crippen molar-refractivity contribution < 1.29 is 18.9 Å². The van der Waals surface area contributed by atoms with Crippen LogP contribution in [0, 0.1) is 0 Å². The lowest BCUT2D eigenvalue weighted by molar-refractivity contribution is -0.134. The van der Waals surface area contributed by atoms with Crippen LogP contribution < -0.4 is 10.6 Å². The Morgan fingerprint density at radius 3 is 2.73 bits per heavy atom. The third-order valence-electron chi connectivity index (χ3n) is 4.07. The second kappa shape index (κ2) is 6.12. The Bertz CT molecular complexity index is 565. The largest absolute Gasteiger partial charge is 0.343 e. The number of urea groups is 1. The molecule has 22 heavy (non-hydrogen) atoms. The monoisotopic (exact) mass is 307 g/mol. The summed E-state index contributed by atoms with van der Waals surface area (Å²) in [5.74, 6) is 0.361. The number of amides is 4. The smallest absolute Gasteiger partial charge is 0.322 e. The summed E-state index contributed by atoms with van der Waals surface area (Å²) in [6.07, 6.45) is 3.29. The van der Waals surface area contributed by atoms with Crippen LogP contribution in [0.25, 0.3) is 0 Å². The predicted octanol–water partition coefficient (Wildman–Crippen LogP) is -0.236. The van der Waals surface area contributed by atoms with E-state index in [4.69, 9.17) is 4.52 Å². The number of hydrogen-bond donors (Lipinski definition) is 2. The van der Waals surface area contributed by atoms with Gasteiger partial charge in [-0.2, -0.15) is 4.98 Å². The Hall–Kier alpha value is -2.45. The topological polar surface area (TPSA) is 117 Å². The lowest BCUT2D eigenvalue weighted by atomic mass is 9.95. The number of nitrogens with zero attached hydrogens (tertiary/aromatic N) is 3. The van der Waals surface area contributed by atoms with Gasteiger partial charge in [-0.25, -0.2) is 4.79 Å². The zero-order valence-electron chi connectivity index (χ0n) is 11.9. The first-order valence-electron chi connectivity index (χ1n) is 7.29. The van der Waals surface area contributed by atoms with E-state index in [0.717, 1.165) is 12.8 Å². The molecule has 2 aliphatic rings. The second-order valence-electron chi connectivity index (χ2n) is 5.50. The van der Waals surface area contributed by atoms with Gasteiger partial charge in [-0.15, -0.1) is 0 Å². The van der Waals surface area contributed by atoms with Crippen LogP contribution in [0.3, 0.4) is 0 Å². The molecule has 2 fully saturated rings. The van der Waals surface area contributed by atoms with E-state index in [1.807, 2.05) is 0 Å². The summed E-state index contributed by atoms with van der Waals surface area (Å²) in [5, 5.41) is 8.55. The van der Waals surface area contributed by atoms with Crippen LogP contribution in [0.1, 0.15) is 37.4 Å². The van der Waals surface area contributed by atoms with Crippen LogP contribution in [0.4, 0.5) is 4.79 Å². The summed E-state index contributed by atoms with van der Waals surface area (Å²) >= 11 is 0. The van der Waals surface area contributed by atoms with Crippen molar-refractivity contribution in [2.75, 3.05) is 13.1 Å². The van der Waals surface area contributed by atoms with Crippen LogP contribution in [0.2, 0.25) is 0 Å². The summed E-state index contributed by atoms with van der Waals surface area (Å²) in [6, 6.07) is -1.25. The number of aromatic nitrogens is 2. The minimum Gasteiger partial charge on any atom is -0.343 e. The number of carbonyl (C=O) groups is 3. The van der Waals surface area contributed by atoms with Gasteiger partial charge in [0.1, 0.15) is 6.04 Å². The van der Waals surface area contributed by atoms with Crippen LogP contribution in [0.15, 0.2) is 10.9 Å². The fourth-order valence-electron chi connectivity index (χ4n) is 2.85. The number of rotatable bonds is 2. The molecule has 118 valence electrons. The maximum Gasteiger partial charge on any atom is 0.322 e. The Balaban J connectivity index is 1.57. The summed E-state index contributed by atoms with van der Waals surface area (Å²) in [6.45, 7) is 1.15. The van der Waals surface area contributed by atoms with Gasteiger partial charge in [0.25, 0.3) is 0 Å². The van der Waals surface area contributed by atoms with E-state index < -0.39 is 12.1 Å². The molecule has 4 amide bonds. The molecule has 1 aromatic heterocycles. The average Bonchev–Trinajstić information content (AvgIpc) is 2.99. The van der Waals surface area contributed by atoms with Gasteiger partial charge in [-0.3, -0.25) is 14.9 Å². The van der Waals surface area contributed by atoms with Crippen molar-refractivity contribution in [1.29, 1.82) is 0 Å². The molecular weight excluding hydrogens is 290 g/mol. The van der Waals surface area contributed by atoms with Gasteiger partial charge in [-0.05, 0) is 19.3 Å². The summed E-state index contributed by atoms with van der Waals surface area (Å²) < 4.78 is 4.74. The third kappa shape index (κ3) is 3.07. The normalized spacial score (nSPS) is 23.6.